The van der Waals surface area contributed by atoms with Gasteiger partial charge in [-0.3, -0.25) is 4.79 Å². The number of piperazine rings is 1. The first-order chi connectivity index (χ1) is 18.9. The van der Waals surface area contributed by atoms with Gasteiger partial charge < -0.3 is 30.5 Å². The molecule has 0 bridgehead atoms. The average molecular weight is 530 g/mol. The summed E-state index contributed by atoms with van der Waals surface area (Å²) in [5, 5.41) is 8.83. The summed E-state index contributed by atoms with van der Waals surface area (Å²) in [5.41, 5.74) is 4.96. The Kier molecular flexibility index (Phi) is 9.31. The predicted octanol–water partition coefficient (Wildman–Crippen LogP) is 5.76. The number of urea groups is 1. The van der Waals surface area contributed by atoms with E-state index in [1.807, 2.05) is 68.4 Å². The van der Waals surface area contributed by atoms with Crippen molar-refractivity contribution in [2.75, 3.05) is 53.7 Å². The van der Waals surface area contributed by atoms with Gasteiger partial charge in [-0.25, -0.2) is 4.79 Å². The third kappa shape index (κ3) is 7.02. The monoisotopic (exact) mass is 529 g/mol. The molecule has 1 unspecified atom stereocenters. The van der Waals surface area contributed by atoms with Gasteiger partial charge in [0.15, 0.2) is 0 Å². The summed E-state index contributed by atoms with van der Waals surface area (Å²) in [6.07, 6.45) is 1.77. The van der Waals surface area contributed by atoms with Gasteiger partial charge in [-0.1, -0.05) is 38.1 Å². The number of hydrogen-bond acceptors (Lipinski definition) is 5. The lowest BCUT2D eigenvalue weighted by Crippen LogP contribution is -2.47. The molecular weight excluding hydrogens is 490 g/mol. The molecule has 3 amide bonds. The minimum Gasteiger partial charge on any atom is -0.495 e. The Morgan fingerprint density at radius 1 is 0.846 bits per heavy atom. The quantitative estimate of drug-likeness (QED) is 0.328. The molecule has 206 valence electrons. The SMILES string of the molecule is CCc1ccc(NC(=O)Nc2ccc(N3CCN(c4ccccc4OC)CC3)c(C(=O)NC(C)CC)c2)cc1. The molecular formula is C31H39N5O3. The maximum atomic E-state index is 13.3. The lowest BCUT2D eigenvalue weighted by molar-refractivity contribution is 0.0939. The number of nitrogens with zero attached hydrogens (tertiary/aromatic N) is 2. The molecule has 1 fully saturated rings. The second kappa shape index (κ2) is 13.0. The van der Waals surface area contributed by atoms with Crippen molar-refractivity contribution in [3.63, 3.8) is 0 Å². The van der Waals surface area contributed by atoms with Crippen molar-refractivity contribution in [3.8, 4) is 5.75 Å². The fraction of sp³-hybridized carbons (Fsp3) is 0.355. The minimum absolute atomic E-state index is 0.0405. The van der Waals surface area contributed by atoms with Gasteiger partial charge in [0, 0.05) is 49.3 Å². The van der Waals surface area contributed by atoms with Crippen molar-refractivity contribution in [2.45, 2.75) is 39.7 Å². The van der Waals surface area contributed by atoms with E-state index in [1.165, 1.54) is 5.56 Å². The van der Waals surface area contributed by atoms with Crippen LogP contribution < -0.4 is 30.5 Å². The van der Waals surface area contributed by atoms with Crippen LogP contribution in [-0.2, 0) is 6.42 Å². The van der Waals surface area contributed by atoms with Gasteiger partial charge >= 0.3 is 6.03 Å². The fourth-order valence-electron chi connectivity index (χ4n) is 4.67. The Bertz CT molecular complexity index is 1270. The normalized spacial score (nSPS) is 13.9. The van der Waals surface area contributed by atoms with Gasteiger partial charge in [-0.05, 0) is 67.8 Å². The van der Waals surface area contributed by atoms with E-state index in [4.69, 9.17) is 4.74 Å². The van der Waals surface area contributed by atoms with E-state index in [2.05, 4.69) is 38.7 Å². The van der Waals surface area contributed by atoms with Crippen molar-refractivity contribution in [1.29, 1.82) is 0 Å². The molecule has 0 radical (unpaired) electrons. The number of aryl methyl sites for hydroxylation is 1. The third-order valence-corrected chi connectivity index (χ3v) is 7.16. The predicted molar refractivity (Wildman–Crippen MR) is 160 cm³/mol. The molecule has 0 aliphatic carbocycles. The molecule has 4 rings (SSSR count). The second-order valence-corrected chi connectivity index (χ2v) is 9.79. The van der Waals surface area contributed by atoms with Gasteiger partial charge in [-0.2, -0.15) is 0 Å². The number of carbonyl (C=O) groups is 2. The Hall–Kier alpha value is -4.20. The molecule has 1 aliphatic rings. The first kappa shape index (κ1) is 27.8. The lowest BCUT2D eigenvalue weighted by Gasteiger charge is -2.38. The highest BCUT2D eigenvalue weighted by atomic mass is 16.5. The highest BCUT2D eigenvalue weighted by molar-refractivity contribution is 6.04. The zero-order valence-corrected chi connectivity index (χ0v) is 23.3. The minimum atomic E-state index is -0.356. The number of amides is 3. The number of benzene rings is 3. The number of anilines is 4. The van der Waals surface area contributed by atoms with Crippen LogP contribution in [0.15, 0.2) is 66.7 Å². The van der Waals surface area contributed by atoms with Crippen LogP contribution >= 0.6 is 0 Å². The molecule has 0 spiro atoms. The van der Waals surface area contributed by atoms with Crippen LogP contribution in [0.25, 0.3) is 0 Å². The number of para-hydroxylation sites is 2. The fourth-order valence-corrected chi connectivity index (χ4v) is 4.67. The molecule has 0 saturated carbocycles. The summed E-state index contributed by atoms with van der Waals surface area (Å²) in [4.78, 5) is 30.6. The zero-order chi connectivity index (χ0) is 27.8. The van der Waals surface area contributed by atoms with Gasteiger partial charge in [0.25, 0.3) is 5.91 Å². The van der Waals surface area contributed by atoms with Crippen molar-refractivity contribution in [2.24, 2.45) is 0 Å². The summed E-state index contributed by atoms with van der Waals surface area (Å²) in [5.74, 6) is 0.709. The van der Waals surface area contributed by atoms with E-state index < -0.39 is 0 Å². The van der Waals surface area contributed by atoms with Crippen LogP contribution in [-0.4, -0.2) is 51.3 Å². The van der Waals surface area contributed by atoms with Crippen LogP contribution in [0.4, 0.5) is 27.5 Å². The first-order valence-electron chi connectivity index (χ1n) is 13.7. The number of ether oxygens (including phenoxy) is 1. The van der Waals surface area contributed by atoms with Crippen molar-refractivity contribution < 1.29 is 14.3 Å². The maximum Gasteiger partial charge on any atom is 0.323 e. The molecule has 1 heterocycles. The van der Waals surface area contributed by atoms with Crippen LogP contribution in [0.2, 0.25) is 0 Å². The highest BCUT2D eigenvalue weighted by Crippen LogP contribution is 2.31. The van der Waals surface area contributed by atoms with Crippen molar-refractivity contribution in [3.05, 3.63) is 77.9 Å². The first-order valence-corrected chi connectivity index (χ1v) is 13.7. The molecule has 3 aromatic carbocycles. The molecule has 3 N–H and O–H groups in total. The van der Waals surface area contributed by atoms with E-state index in [9.17, 15) is 9.59 Å². The Morgan fingerprint density at radius 2 is 1.46 bits per heavy atom. The van der Waals surface area contributed by atoms with Gasteiger partial charge in [0.2, 0.25) is 0 Å². The standard InChI is InChI=1S/C31H39N5O3/c1-5-22(3)32-30(37)26-21-25(34-31(38)33-24-13-11-23(6-2)12-14-24)15-16-27(26)35-17-19-36(20-18-35)28-9-7-8-10-29(28)39-4/h7-16,21-22H,5-6,17-20H2,1-4H3,(H,32,37)(H2,33,34,38). The van der Waals surface area contributed by atoms with Crippen molar-refractivity contribution >= 4 is 34.7 Å². The molecule has 39 heavy (non-hydrogen) atoms. The van der Waals surface area contributed by atoms with Crippen LogP contribution in [0.3, 0.4) is 0 Å². The summed E-state index contributed by atoms with van der Waals surface area (Å²) < 4.78 is 5.55. The molecule has 1 atom stereocenters. The van der Waals surface area contributed by atoms with E-state index >= 15 is 0 Å². The van der Waals surface area contributed by atoms with Gasteiger partial charge in [0.05, 0.1) is 18.4 Å². The maximum absolute atomic E-state index is 13.3. The Morgan fingerprint density at radius 3 is 2.10 bits per heavy atom. The van der Waals surface area contributed by atoms with Crippen LogP contribution in [0, 0.1) is 0 Å². The molecule has 1 saturated heterocycles. The summed E-state index contributed by atoms with van der Waals surface area (Å²) in [6.45, 7) is 9.22. The van der Waals surface area contributed by atoms with Gasteiger partial charge in [-0.15, -0.1) is 0 Å². The molecule has 8 nitrogen and oxygen atoms in total. The summed E-state index contributed by atoms with van der Waals surface area (Å²) >= 11 is 0. The van der Waals surface area contributed by atoms with Crippen LogP contribution in [0.5, 0.6) is 5.75 Å². The zero-order valence-electron chi connectivity index (χ0n) is 23.3. The Balaban J connectivity index is 1.50. The average Bonchev–Trinajstić information content (AvgIpc) is 2.97. The molecule has 0 aromatic heterocycles. The number of carbonyl (C=O) groups excluding carboxylic acids is 2. The number of methoxy groups -OCH3 is 1. The molecule has 1 aliphatic heterocycles. The number of nitrogens with one attached hydrogen (secondary N) is 3. The molecule has 8 heteroatoms. The van der Waals surface area contributed by atoms with E-state index in [1.54, 1.807) is 13.2 Å². The third-order valence-electron chi connectivity index (χ3n) is 7.16. The van der Waals surface area contributed by atoms with E-state index in [0.717, 1.165) is 56.1 Å². The topological polar surface area (TPSA) is 85.9 Å². The largest absolute Gasteiger partial charge is 0.495 e. The number of hydrogen-bond donors (Lipinski definition) is 3. The lowest BCUT2D eigenvalue weighted by atomic mass is 10.1. The Labute approximate surface area is 231 Å². The summed E-state index contributed by atoms with van der Waals surface area (Å²) in [7, 11) is 1.69. The van der Waals surface area contributed by atoms with Crippen molar-refractivity contribution in [1.82, 2.24) is 5.32 Å². The van der Waals surface area contributed by atoms with E-state index in [0.29, 0.717) is 16.9 Å². The summed E-state index contributed by atoms with van der Waals surface area (Å²) in [6, 6.07) is 21.0. The highest BCUT2D eigenvalue weighted by Gasteiger charge is 2.24. The second-order valence-electron chi connectivity index (χ2n) is 9.79. The molecule has 3 aromatic rings. The van der Waals surface area contributed by atoms with E-state index in [-0.39, 0.29) is 18.0 Å². The number of rotatable bonds is 9. The van der Waals surface area contributed by atoms with Crippen LogP contribution in [0.1, 0.15) is 43.1 Å². The smallest absolute Gasteiger partial charge is 0.323 e. The van der Waals surface area contributed by atoms with Gasteiger partial charge in [0.1, 0.15) is 5.75 Å².